The Morgan fingerprint density at radius 2 is 0.531 bits per heavy atom. The van der Waals surface area contributed by atoms with Gasteiger partial charge in [-0.1, -0.05) is 118 Å². The second-order valence-electron chi connectivity index (χ2n) is 12.1. The van der Waals surface area contributed by atoms with Gasteiger partial charge >= 0.3 is 0 Å². The summed E-state index contributed by atoms with van der Waals surface area (Å²) in [5.41, 5.74) is 0. The van der Waals surface area contributed by atoms with Crippen molar-refractivity contribution >= 4 is 0 Å². The quantitative estimate of drug-likeness (QED) is 0.0518. The molecule has 0 spiro atoms. The largest absolute Gasteiger partial charge is 0.394 e. The van der Waals surface area contributed by atoms with Crippen LogP contribution in [0.4, 0.5) is 0 Å². The molecule has 0 aliphatic carbocycles. The average molecular weight is 723 g/mol. The van der Waals surface area contributed by atoms with Crippen molar-refractivity contribution in [2.45, 2.75) is 180 Å². The molecule has 0 rings (SSSR count). The molecule has 49 heavy (non-hydrogen) atoms. The van der Waals surface area contributed by atoms with Crippen LogP contribution >= 0.6 is 0 Å². The highest BCUT2D eigenvalue weighted by Crippen LogP contribution is 2.21. The zero-order valence-corrected chi connectivity index (χ0v) is 31.6. The first-order valence-corrected chi connectivity index (χ1v) is 18.8. The lowest BCUT2D eigenvalue weighted by atomic mass is 10.0. The number of aliphatic hydroxyl groups excluding tert-OH is 12. The fraction of sp³-hybridized carbons (Fsp3) is 1.00. The maximum Gasteiger partial charge on any atom is 0.100 e. The van der Waals surface area contributed by atoms with E-state index in [4.69, 9.17) is 66.0 Å². The van der Waals surface area contributed by atoms with E-state index in [-0.39, 0.29) is 52.9 Å². The second-order valence-corrected chi connectivity index (χ2v) is 12.1. The second kappa shape index (κ2) is 51.8. The van der Waals surface area contributed by atoms with Crippen molar-refractivity contribution in [2.75, 3.05) is 52.9 Å². The van der Waals surface area contributed by atoms with Crippen LogP contribution in [0.1, 0.15) is 143 Å². The molecule has 13 heteroatoms. The summed E-state index contributed by atoms with van der Waals surface area (Å²) in [6.45, 7) is 6.28. The van der Waals surface area contributed by atoms with Gasteiger partial charge in [-0.3, -0.25) is 0 Å². The normalized spacial score (nSPS) is 12.0. The van der Waals surface area contributed by atoms with Crippen LogP contribution in [-0.2, 0) is 4.74 Å². The summed E-state index contributed by atoms with van der Waals surface area (Å²) in [5, 5.41) is 96.1. The van der Waals surface area contributed by atoms with Gasteiger partial charge in [0.2, 0.25) is 0 Å². The third kappa shape index (κ3) is 57.1. The van der Waals surface area contributed by atoms with Crippen molar-refractivity contribution in [1.29, 1.82) is 0 Å². The molecule has 0 aromatic carbocycles. The lowest BCUT2D eigenvalue weighted by Gasteiger charge is -2.25. The molecule has 0 saturated carbocycles. The lowest BCUT2D eigenvalue weighted by molar-refractivity contribution is -0.0308. The molecule has 12 N–H and O–H groups in total. The van der Waals surface area contributed by atoms with Crippen molar-refractivity contribution in [3.8, 4) is 0 Å². The van der Waals surface area contributed by atoms with E-state index < -0.39 is 24.4 Å². The molecule has 304 valence electrons. The predicted molar refractivity (Wildman–Crippen MR) is 195 cm³/mol. The molecule has 0 heterocycles. The Kier molecular flexibility index (Phi) is 61.2. The van der Waals surface area contributed by atoms with Gasteiger partial charge in [0, 0.05) is 0 Å². The zero-order valence-electron chi connectivity index (χ0n) is 31.6. The van der Waals surface area contributed by atoms with Crippen LogP contribution < -0.4 is 0 Å². The maximum absolute atomic E-state index is 8.17. The molecule has 2 unspecified atom stereocenters. The van der Waals surface area contributed by atoms with E-state index in [9.17, 15) is 0 Å². The lowest BCUT2D eigenvalue weighted by Crippen LogP contribution is -2.22. The number of aliphatic hydroxyl groups is 12. The molecular weight excluding hydrogens is 640 g/mol. The summed E-state index contributed by atoms with van der Waals surface area (Å²) in [6.07, 6.45) is 21.6. The van der Waals surface area contributed by atoms with Crippen LogP contribution in [0.25, 0.3) is 0 Å². The van der Waals surface area contributed by atoms with Crippen molar-refractivity contribution in [3.63, 3.8) is 0 Å². The van der Waals surface area contributed by atoms with Gasteiger partial charge in [0.25, 0.3) is 0 Å². The molecule has 0 amide bonds. The topological polar surface area (TPSA) is 252 Å². The third-order valence-electron chi connectivity index (χ3n) is 7.05. The van der Waals surface area contributed by atoms with Crippen LogP contribution in [-0.4, -0.2) is 151 Å². The first-order chi connectivity index (χ1) is 23.5. The first kappa shape index (κ1) is 57.8. The van der Waals surface area contributed by atoms with Crippen LogP contribution in [0.5, 0.6) is 0 Å². The van der Waals surface area contributed by atoms with Crippen molar-refractivity contribution in [2.24, 2.45) is 0 Å². The van der Waals surface area contributed by atoms with Crippen LogP contribution in [0.2, 0.25) is 0 Å². The molecule has 0 radical (unpaired) electrons. The van der Waals surface area contributed by atoms with Gasteiger partial charge in [0.05, 0.1) is 65.1 Å². The van der Waals surface area contributed by atoms with E-state index in [0.29, 0.717) is 12.2 Å². The van der Waals surface area contributed by atoms with Crippen molar-refractivity contribution < 1.29 is 66.0 Å². The summed E-state index contributed by atoms with van der Waals surface area (Å²) >= 11 is 0. The summed E-state index contributed by atoms with van der Waals surface area (Å²) < 4.78 is 6.59. The van der Waals surface area contributed by atoms with Crippen LogP contribution in [0, 0.1) is 0 Å². The van der Waals surface area contributed by atoms with Crippen LogP contribution in [0.15, 0.2) is 0 Å². The monoisotopic (exact) mass is 723 g/mol. The third-order valence-corrected chi connectivity index (χ3v) is 7.05. The van der Waals surface area contributed by atoms with E-state index in [1.807, 2.05) is 0 Å². The SMILES string of the molecule is CCCCCCCCC(CCC)OC(CCC)CCCCCCCC.OCC(O)CO.OCC(O)CO.OCC(O)CO.OCC(O)CO. The predicted octanol–water partition coefficient (Wildman–Crippen LogP) is 2.17. The summed E-state index contributed by atoms with van der Waals surface area (Å²) in [5.74, 6) is 0. The van der Waals surface area contributed by atoms with E-state index >= 15 is 0 Å². The standard InChI is InChI=1S/C24H50O.4C3H8O3/c1-5-9-11-13-15-17-21-23(19-7-3)25-24(20-8-4)22-18-16-14-12-10-6-2;4*4-1-3(6)2-5/h23-24H,5-22H2,1-4H3;4*3-6H,1-2H2. The smallest absolute Gasteiger partial charge is 0.100 e. The minimum Gasteiger partial charge on any atom is -0.394 e. The van der Waals surface area contributed by atoms with Gasteiger partial charge in [-0.15, -0.1) is 0 Å². The molecule has 2 atom stereocenters. The summed E-state index contributed by atoms with van der Waals surface area (Å²) in [7, 11) is 0. The van der Waals surface area contributed by atoms with Crippen molar-refractivity contribution in [1.82, 2.24) is 0 Å². The van der Waals surface area contributed by atoms with E-state index in [2.05, 4.69) is 27.7 Å². The Labute approximate surface area is 298 Å². The fourth-order valence-corrected chi connectivity index (χ4v) is 4.01. The van der Waals surface area contributed by atoms with Gasteiger partial charge in [-0.25, -0.2) is 0 Å². The molecular formula is C36H82O13. The summed E-state index contributed by atoms with van der Waals surface area (Å²) in [4.78, 5) is 0. The van der Waals surface area contributed by atoms with E-state index in [1.54, 1.807) is 0 Å². The minimum atomic E-state index is -0.954. The molecule has 13 nitrogen and oxygen atoms in total. The van der Waals surface area contributed by atoms with E-state index in [0.717, 1.165) is 0 Å². The highest BCUT2D eigenvalue weighted by molar-refractivity contribution is 4.65. The van der Waals surface area contributed by atoms with Gasteiger partial charge in [0.15, 0.2) is 0 Å². The Hall–Kier alpha value is -0.520. The molecule has 0 aliphatic rings. The average Bonchev–Trinajstić information content (AvgIpc) is 3.13. The molecule has 0 aromatic rings. The number of hydrogen-bond acceptors (Lipinski definition) is 13. The van der Waals surface area contributed by atoms with Gasteiger partial charge in [0.1, 0.15) is 24.4 Å². The van der Waals surface area contributed by atoms with Crippen LogP contribution in [0.3, 0.4) is 0 Å². The van der Waals surface area contributed by atoms with Gasteiger partial charge in [-0.05, 0) is 25.7 Å². The maximum atomic E-state index is 8.17. The first-order valence-electron chi connectivity index (χ1n) is 18.8. The number of hydrogen-bond donors (Lipinski definition) is 12. The van der Waals surface area contributed by atoms with Gasteiger partial charge < -0.3 is 66.0 Å². The molecule has 0 fully saturated rings. The Bertz CT molecular complexity index is 455. The number of rotatable bonds is 28. The Morgan fingerprint density at radius 1 is 0.306 bits per heavy atom. The Morgan fingerprint density at radius 3 is 0.714 bits per heavy atom. The molecule has 0 saturated heterocycles. The van der Waals surface area contributed by atoms with Crippen molar-refractivity contribution in [3.05, 3.63) is 0 Å². The minimum absolute atomic E-state index is 0.365. The Balaban J connectivity index is -0.000000215. The number of unbranched alkanes of at least 4 members (excludes halogenated alkanes) is 10. The number of ether oxygens (including phenoxy) is 1. The zero-order chi connectivity index (χ0) is 38.6. The highest BCUT2D eigenvalue weighted by Gasteiger charge is 2.15. The summed E-state index contributed by atoms with van der Waals surface area (Å²) in [6, 6.07) is 0. The molecule has 0 aromatic heterocycles. The van der Waals surface area contributed by atoms with E-state index in [1.165, 1.54) is 116 Å². The fourth-order valence-electron chi connectivity index (χ4n) is 4.01. The van der Waals surface area contributed by atoms with Gasteiger partial charge in [-0.2, -0.15) is 0 Å². The highest BCUT2D eigenvalue weighted by atomic mass is 16.5. The molecule has 0 bridgehead atoms. The molecule has 0 aliphatic heterocycles.